The minimum atomic E-state index is -5.71. The Labute approximate surface area is 241 Å². The van der Waals surface area contributed by atoms with E-state index in [9.17, 15) is 31.2 Å². The van der Waals surface area contributed by atoms with Crippen LogP contribution in [0, 0.1) is 6.92 Å². The van der Waals surface area contributed by atoms with E-state index in [1.165, 1.54) is 11.6 Å². The molecule has 224 valence electrons. The number of methoxy groups -OCH3 is 1. The summed E-state index contributed by atoms with van der Waals surface area (Å²) in [6, 6.07) is 2.01. The van der Waals surface area contributed by atoms with Gasteiger partial charge in [0.05, 0.1) is 17.3 Å². The Balaban J connectivity index is 0.000000234. The number of hydrogen-bond acceptors (Lipinski definition) is 7. The van der Waals surface area contributed by atoms with Crippen molar-refractivity contribution in [3.05, 3.63) is 45.2 Å². The van der Waals surface area contributed by atoms with Crippen molar-refractivity contribution in [2.24, 2.45) is 0 Å². The first-order chi connectivity index (χ1) is 18.4. The highest BCUT2D eigenvalue weighted by Crippen LogP contribution is 2.36. The molecule has 1 unspecified atom stereocenters. The molecule has 2 aromatic rings. The van der Waals surface area contributed by atoms with Gasteiger partial charge in [-0.25, -0.2) is 4.68 Å². The van der Waals surface area contributed by atoms with E-state index >= 15 is 0 Å². The van der Waals surface area contributed by atoms with Gasteiger partial charge in [-0.15, -0.1) is 0 Å². The van der Waals surface area contributed by atoms with Gasteiger partial charge in [-0.1, -0.05) is 23.2 Å². The number of aromatic nitrogens is 2. The van der Waals surface area contributed by atoms with E-state index < -0.39 is 21.4 Å². The van der Waals surface area contributed by atoms with Gasteiger partial charge in [0.2, 0.25) is 12.3 Å². The summed E-state index contributed by atoms with van der Waals surface area (Å²) in [6.07, 6.45) is 7.04. The van der Waals surface area contributed by atoms with Gasteiger partial charge in [-0.05, 0) is 58.9 Å². The van der Waals surface area contributed by atoms with Crippen LogP contribution >= 0.6 is 23.2 Å². The summed E-state index contributed by atoms with van der Waals surface area (Å²) in [4.78, 5) is 24.5. The zero-order valence-electron chi connectivity index (χ0n) is 22.7. The average Bonchev–Trinajstić information content (AvgIpc) is 3.47. The SMILES string of the molecule is COC(C)(C)C.Cc1c(Cl)cc(OS(=O)(=O)C(F)(F)F)cc1Cl.O=Cn1cc2c(n1)CCCC2N1CCCC1=O. The lowest BCUT2D eigenvalue weighted by Crippen LogP contribution is -2.31. The molecule has 4 rings (SSSR count). The van der Waals surface area contributed by atoms with Crippen molar-refractivity contribution in [3.8, 4) is 5.75 Å². The topological polar surface area (TPSA) is 108 Å². The Morgan fingerprint density at radius 2 is 1.68 bits per heavy atom. The van der Waals surface area contributed by atoms with E-state index in [1.54, 1.807) is 13.3 Å². The highest BCUT2D eigenvalue weighted by atomic mass is 35.5. The Kier molecular flexibility index (Phi) is 11.5. The molecule has 0 spiro atoms. The number of amides is 1. The van der Waals surface area contributed by atoms with Crippen molar-refractivity contribution in [2.75, 3.05) is 13.7 Å². The lowest BCUT2D eigenvalue weighted by molar-refractivity contribution is -0.130. The maximum atomic E-state index is 12.0. The minimum Gasteiger partial charge on any atom is -0.379 e. The number of likely N-dealkylation sites (tertiary alicyclic amines) is 1. The van der Waals surface area contributed by atoms with Gasteiger partial charge < -0.3 is 13.8 Å². The Hall–Kier alpha value is -2.35. The number of fused-ring (bicyclic) bond motifs is 1. The van der Waals surface area contributed by atoms with Gasteiger partial charge in [0.25, 0.3) is 0 Å². The Morgan fingerprint density at radius 1 is 1.10 bits per heavy atom. The second-order valence-electron chi connectivity index (χ2n) is 10.0. The molecule has 2 aliphatic rings. The smallest absolute Gasteiger partial charge is 0.379 e. The Morgan fingerprint density at radius 3 is 2.12 bits per heavy atom. The fraction of sp³-hybridized carbons (Fsp3) is 0.560. The van der Waals surface area contributed by atoms with Gasteiger partial charge in [0.15, 0.2) is 0 Å². The van der Waals surface area contributed by atoms with E-state index in [4.69, 9.17) is 27.9 Å². The molecule has 1 amide bonds. The fourth-order valence-electron chi connectivity index (χ4n) is 3.75. The van der Waals surface area contributed by atoms with Gasteiger partial charge in [-0.3, -0.25) is 9.59 Å². The van der Waals surface area contributed by atoms with Crippen molar-refractivity contribution >= 4 is 45.6 Å². The van der Waals surface area contributed by atoms with Gasteiger partial charge >= 0.3 is 15.6 Å². The summed E-state index contributed by atoms with van der Waals surface area (Å²) in [5.41, 5.74) is -3.01. The monoisotopic (exact) mass is 629 g/mol. The number of benzene rings is 1. The van der Waals surface area contributed by atoms with Crippen LogP contribution in [0.3, 0.4) is 0 Å². The largest absolute Gasteiger partial charge is 0.534 e. The van der Waals surface area contributed by atoms with E-state index in [0.717, 1.165) is 55.6 Å². The van der Waals surface area contributed by atoms with E-state index in [-0.39, 0.29) is 27.6 Å². The second kappa shape index (κ2) is 13.5. The summed E-state index contributed by atoms with van der Waals surface area (Å²) < 4.78 is 67.6. The molecule has 1 saturated heterocycles. The number of ether oxygens (including phenoxy) is 1. The van der Waals surface area contributed by atoms with E-state index in [2.05, 4.69) is 9.28 Å². The van der Waals surface area contributed by atoms with E-state index in [0.29, 0.717) is 18.4 Å². The van der Waals surface area contributed by atoms with Gasteiger partial charge in [0.1, 0.15) is 5.75 Å². The number of carbonyl (C=O) groups excluding carboxylic acids is 2. The molecule has 0 bridgehead atoms. The molecule has 2 heterocycles. The molecule has 1 aromatic carbocycles. The van der Waals surface area contributed by atoms with Crippen LogP contribution in [0.25, 0.3) is 0 Å². The van der Waals surface area contributed by atoms with Gasteiger partial charge in [-0.2, -0.15) is 26.7 Å². The number of halogens is 5. The summed E-state index contributed by atoms with van der Waals surface area (Å²) in [7, 11) is -4.01. The summed E-state index contributed by atoms with van der Waals surface area (Å²) in [5, 5.41) is 4.24. The molecule has 0 radical (unpaired) electrons. The maximum Gasteiger partial charge on any atom is 0.534 e. The van der Waals surface area contributed by atoms with Crippen molar-refractivity contribution in [2.45, 2.75) is 77.0 Å². The van der Waals surface area contributed by atoms with Crippen LogP contribution in [0.15, 0.2) is 18.3 Å². The van der Waals surface area contributed by atoms with Crippen LogP contribution in [0.5, 0.6) is 5.75 Å². The molecular formula is C25H32Cl2F3N3O6S. The third-order valence-corrected chi connectivity index (χ3v) is 7.81. The first-order valence-corrected chi connectivity index (χ1v) is 14.4. The first-order valence-electron chi connectivity index (χ1n) is 12.2. The molecule has 0 saturated carbocycles. The van der Waals surface area contributed by atoms with E-state index in [1.807, 2.05) is 25.7 Å². The average molecular weight is 631 g/mol. The van der Waals surface area contributed by atoms with Crippen LogP contribution in [0.1, 0.15) is 69.3 Å². The van der Waals surface area contributed by atoms with Crippen LogP contribution in [0.4, 0.5) is 13.2 Å². The predicted octanol–water partition coefficient (Wildman–Crippen LogP) is 5.88. The molecule has 9 nitrogen and oxygen atoms in total. The fourth-order valence-corrected chi connectivity index (χ4v) is 4.67. The molecule has 1 aliphatic heterocycles. The molecule has 40 heavy (non-hydrogen) atoms. The lowest BCUT2D eigenvalue weighted by Gasteiger charge is -2.30. The molecule has 1 atom stereocenters. The highest BCUT2D eigenvalue weighted by molar-refractivity contribution is 7.88. The number of alkyl halides is 3. The van der Waals surface area contributed by atoms with Crippen LogP contribution in [-0.4, -0.2) is 60.2 Å². The molecule has 1 fully saturated rings. The third kappa shape index (κ3) is 9.08. The molecule has 15 heteroatoms. The van der Waals surface area contributed by atoms with Crippen molar-refractivity contribution in [1.29, 1.82) is 0 Å². The Bertz CT molecular complexity index is 1290. The summed E-state index contributed by atoms with van der Waals surface area (Å²) in [6.45, 7) is 8.43. The van der Waals surface area contributed by atoms with Crippen LogP contribution in [0.2, 0.25) is 10.0 Å². The lowest BCUT2D eigenvalue weighted by atomic mass is 9.92. The quantitative estimate of drug-likeness (QED) is 0.236. The normalized spacial score (nSPS) is 17.3. The molecule has 1 aliphatic carbocycles. The number of carbonyl (C=O) groups is 2. The predicted molar refractivity (Wildman–Crippen MR) is 145 cm³/mol. The first kappa shape index (κ1) is 33.9. The van der Waals surface area contributed by atoms with Crippen molar-refractivity contribution in [3.63, 3.8) is 0 Å². The number of nitrogens with zero attached hydrogens (tertiary/aromatic N) is 3. The van der Waals surface area contributed by atoms with Crippen molar-refractivity contribution < 1.29 is 40.1 Å². The number of hydrogen-bond donors (Lipinski definition) is 0. The zero-order chi connectivity index (χ0) is 30.5. The number of aryl methyl sites for hydroxylation is 1. The number of rotatable bonds is 4. The van der Waals surface area contributed by atoms with Gasteiger partial charge in [0, 0.05) is 54.0 Å². The standard InChI is InChI=1S/C12H15N3O2.C8H5Cl2F3O3S.C5H12O/c16-8-14-7-9-10(13-14)3-1-4-11(9)15-6-2-5-12(15)17;1-4-6(9)2-5(3-7(4)10)16-17(14,15)8(11,12)13;1-5(2,3)6-4/h7-8,11H,1-6H2;2-3H,1H3;1-4H3. The third-order valence-electron chi connectivity index (χ3n) is 6.04. The van der Waals surface area contributed by atoms with Crippen LogP contribution in [-0.2, 0) is 30.9 Å². The minimum absolute atomic E-state index is 0.00451. The maximum absolute atomic E-state index is 12.0. The molecule has 1 aromatic heterocycles. The highest BCUT2D eigenvalue weighted by Gasteiger charge is 2.48. The zero-order valence-corrected chi connectivity index (χ0v) is 25.0. The summed E-state index contributed by atoms with van der Waals surface area (Å²) >= 11 is 11.2. The van der Waals surface area contributed by atoms with Crippen molar-refractivity contribution in [1.82, 2.24) is 14.7 Å². The second-order valence-corrected chi connectivity index (χ2v) is 12.4. The molecular weight excluding hydrogens is 598 g/mol. The van der Waals surface area contributed by atoms with Crippen LogP contribution < -0.4 is 4.18 Å². The molecule has 0 N–H and O–H groups in total. The summed E-state index contributed by atoms with van der Waals surface area (Å²) in [5.74, 6) is -0.357.